The quantitative estimate of drug-likeness (QED) is 0.524. The average molecular weight is 263 g/mol. The molecule has 0 bridgehead atoms. The maximum Gasteiger partial charge on any atom is 0.203 e. The summed E-state index contributed by atoms with van der Waals surface area (Å²) in [6, 6.07) is 15.3. The Labute approximate surface area is 117 Å². The number of carbonyl (C=O) groups is 1. The zero-order valence-electron chi connectivity index (χ0n) is 11.0. The van der Waals surface area contributed by atoms with Crippen molar-refractivity contribution in [2.75, 3.05) is 0 Å². The third-order valence-electron chi connectivity index (χ3n) is 2.88. The van der Waals surface area contributed by atoms with Gasteiger partial charge in [-0.1, -0.05) is 42.0 Å². The molecule has 0 unspecified atom stereocenters. The molecule has 0 heterocycles. The van der Waals surface area contributed by atoms with Crippen molar-refractivity contribution in [1.82, 2.24) is 0 Å². The van der Waals surface area contributed by atoms with Gasteiger partial charge >= 0.3 is 0 Å². The monoisotopic (exact) mass is 263 g/mol. The summed E-state index contributed by atoms with van der Waals surface area (Å²) in [6.07, 6.45) is 1.52. The van der Waals surface area contributed by atoms with Crippen molar-refractivity contribution in [3.05, 3.63) is 70.8 Å². The fourth-order valence-corrected chi connectivity index (χ4v) is 1.75. The minimum absolute atomic E-state index is 0.0690. The highest BCUT2D eigenvalue weighted by molar-refractivity contribution is 6.14. The van der Waals surface area contributed by atoms with Gasteiger partial charge in [-0.05, 0) is 30.7 Å². The van der Waals surface area contributed by atoms with E-state index in [1.165, 1.54) is 18.2 Å². The van der Waals surface area contributed by atoms with Crippen molar-refractivity contribution >= 4 is 11.9 Å². The fourth-order valence-electron chi connectivity index (χ4n) is 1.75. The summed E-state index contributed by atoms with van der Waals surface area (Å²) in [5.74, 6) is -0.161. The SMILES string of the molecule is Cc1ccc(C(=O)C(C#N)=Cc2ccc(O)cc2)cc1. The lowest BCUT2D eigenvalue weighted by Gasteiger charge is -2.01. The van der Waals surface area contributed by atoms with E-state index in [1.807, 2.05) is 25.1 Å². The second-order valence-corrected chi connectivity index (χ2v) is 4.46. The van der Waals surface area contributed by atoms with E-state index in [0.29, 0.717) is 11.1 Å². The van der Waals surface area contributed by atoms with Gasteiger partial charge in [0.15, 0.2) is 0 Å². The molecule has 0 fully saturated rings. The number of Topliss-reactive ketones (excluding diaryl/α,β-unsaturated/α-hetero) is 1. The van der Waals surface area contributed by atoms with Crippen LogP contribution in [-0.2, 0) is 0 Å². The minimum Gasteiger partial charge on any atom is -0.508 e. The molecule has 0 atom stereocenters. The first kappa shape index (κ1) is 13.6. The zero-order chi connectivity index (χ0) is 14.5. The predicted octanol–water partition coefficient (Wildman–Crippen LogP) is 3.49. The third-order valence-corrected chi connectivity index (χ3v) is 2.88. The van der Waals surface area contributed by atoms with Crippen molar-refractivity contribution in [3.8, 4) is 11.8 Å². The molecule has 0 aliphatic carbocycles. The highest BCUT2D eigenvalue weighted by Crippen LogP contribution is 2.15. The average Bonchev–Trinajstić information content (AvgIpc) is 2.47. The number of aromatic hydroxyl groups is 1. The van der Waals surface area contributed by atoms with E-state index in [1.54, 1.807) is 24.3 Å². The first-order valence-corrected chi connectivity index (χ1v) is 6.12. The van der Waals surface area contributed by atoms with Gasteiger partial charge in [0.2, 0.25) is 5.78 Å². The lowest BCUT2D eigenvalue weighted by atomic mass is 10.0. The lowest BCUT2D eigenvalue weighted by Crippen LogP contribution is -2.01. The van der Waals surface area contributed by atoms with Gasteiger partial charge in [-0.3, -0.25) is 4.79 Å². The molecule has 0 amide bonds. The van der Waals surface area contributed by atoms with E-state index in [9.17, 15) is 9.90 Å². The minimum atomic E-state index is -0.305. The number of benzene rings is 2. The Balaban J connectivity index is 2.32. The van der Waals surface area contributed by atoms with E-state index in [4.69, 9.17) is 5.26 Å². The molecular formula is C17H13NO2. The fraction of sp³-hybridized carbons (Fsp3) is 0.0588. The predicted molar refractivity (Wildman–Crippen MR) is 77.2 cm³/mol. The highest BCUT2D eigenvalue weighted by atomic mass is 16.3. The van der Waals surface area contributed by atoms with Crippen LogP contribution in [0, 0.1) is 18.3 Å². The molecule has 0 aliphatic rings. The maximum atomic E-state index is 12.2. The largest absolute Gasteiger partial charge is 0.508 e. The molecule has 0 aromatic heterocycles. The number of nitriles is 1. The van der Waals surface area contributed by atoms with E-state index < -0.39 is 0 Å². The molecule has 2 rings (SSSR count). The Hall–Kier alpha value is -2.86. The van der Waals surface area contributed by atoms with Gasteiger partial charge < -0.3 is 5.11 Å². The standard InChI is InChI=1S/C17H13NO2/c1-12-2-6-14(7-3-12)17(20)15(11-18)10-13-4-8-16(19)9-5-13/h2-10,19H,1H3. The maximum absolute atomic E-state index is 12.2. The van der Waals surface area contributed by atoms with Crippen molar-refractivity contribution < 1.29 is 9.90 Å². The van der Waals surface area contributed by atoms with Crippen molar-refractivity contribution in [2.24, 2.45) is 0 Å². The van der Waals surface area contributed by atoms with Crippen LogP contribution in [-0.4, -0.2) is 10.9 Å². The van der Waals surface area contributed by atoms with Gasteiger partial charge in [0.1, 0.15) is 17.4 Å². The highest BCUT2D eigenvalue weighted by Gasteiger charge is 2.11. The molecule has 2 aromatic carbocycles. The smallest absolute Gasteiger partial charge is 0.203 e. The van der Waals surface area contributed by atoms with Crippen molar-refractivity contribution in [2.45, 2.75) is 6.92 Å². The molecule has 0 aliphatic heterocycles. The van der Waals surface area contributed by atoms with Gasteiger partial charge in [-0.2, -0.15) is 5.26 Å². The second kappa shape index (κ2) is 5.85. The number of hydrogen-bond donors (Lipinski definition) is 1. The Morgan fingerprint density at radius 3 is 2.25 bits per heavy atom. The summed E-state index contributed by atoms with van der Waals surface area (Å²) in [5, 5.41) is 18.3. The summed E-state index contributed by atoms with van der Waals surface area (Å²) >= 11 is 0. The normalized spacial score (nSPS) is 10.9. The first-order chi connectivity index (χ1) is 9.60. The molecule has 1 N–H and O–H groups in total. The summed E-state index contributed by atoms with van der Waals surface area (Å²) in [4.78, 5) is 12.2. The number of carbonyl (C=O) groups excluding carboxylic acids is 1. The van der Waals surface area contributed by atoms with E-state index in [0.717, 1.165) is 5.56 Å². The van der Waals surface area contributed by atoms with Crippen LogP contribution in [0.3, 0.4) is 0 Å². The Morgan fingerprint density at radius 2 is 1.70 bits per heavy atom. The van der Waals surface area contributed by atoms with Crippen LogP contribution < -0.4 is 0 Å². The summed E-state index contributed by atoms with van der Waals surface area (Å²) in [5.41, 5.74) is 2.31. The van der Waals surface area contributed by atoms with Gasteiger partial charge in [0.25, 0.3) is 0 Å². The Bertz CT molecular complexity index is 689. The number of phenolic OH excluding ortho intramolecular Hbond substituents is 1. The third kappa shape index (κ3) is 3.12. The number of hydrogen-bond acceptors (Lipinski definition) is 3. The van der Waals surface area contributed by atoms with Gasteiger partial charge in [0, 0.05) is 5.56 Å². The summed E-state index contributed by atoms with van der Waals surface area (Å²) < 4.78 is 0. The molecule has 3 nitrogen and oxygen atoms in total. The van der Waals surface area contributed by atoms with Crippen LogP contribution in [0.25, 0.3) is 6.08 Å². The van der Waals surface area contributed by atoms with Gasteiger partial charge in [0.05, 0.1) is 0 Å². The number of nitrogens with zero attached hydrogens (tertiary/aromatic N) is 1. The number of ketones is 1. The van der Waals surface area contributed by atoms with Crippen LogP contribution in [0.4, 0.5) is 0 Å². The number of phenols is 1. The molecule has 3 heteroatoms. The molecule has 0 saturated carbocycles. The number of rotatable bonds is 3. The zero-order valence-corrected chi connectivity index (χ0v) is 11.0. The first-order valence-electron chi connectivity index (χ1n) is 6.12. The number of allylic oxidation sites excluding steroid dienone is 1. The summed E-state index contributed by atoms with van der Waals surface area (Å²) in [7, 11) is 0. The molecular weight excluding hydrogens is 250 g/mol. The van der Waals surface area contributed by atoms with Gasteiger partial charge in [-0.15, -0.1) is 0 Å². The Kier molecular flexibility index (Phi) is 3.97. The van der Waals surface area contributed by atoms with Crippen molar-refractivity contribution in [3.63, 3.8) is 0 Å². The van der Waals surface area contributed by atoms with E-state index >= 15 is 0 Å². The molecule has 20 heavy (non-hydrogen) atoms. The lowest BCUT2D eigenvalue weighted by molar-refractivity contribution is 0.104. The Morgan fingerprint density at radius 1 is 1.10 bits per heavy atom. The number of aryl methyl sites for hydroxylation is 1. The van der Waals surface area contributed by atoms with Crippen LogP contribution in [0.15, 0.2) is 54.1 Å². The second-order valence-electron chi connectivity index (χ2n) is 4.46. The molecule has 98 valence electrons. The van der Waals surface area contributed by atoms with Crippen molar-refractivity contribution in [1.29, 1.82) is 5.26 Å². The topological polar surface area (TPSA) is 61.1 Å². The molecule has 0 radical (unpaired) electrons. The van der Waals surface area contributed by atoms with E-state index in [-0.39, 0.29) is 17.1 Å². The van der Waals surface area contributed by atoms with Gasteiger partial charge in [-0.25, -0.2) is 0 Å². The summed E-state index contributed by atoms with van der Waals surface area (Å²) in [6.45, 7) is 1.94. The van der Waals surface area contributed by atoms with Crippen LogP contribution in [0.1, 0.15) is 21.5 Å². The molecule has 0 saturated heterocycles. The van der Waals surface area contributed by atoms with Crippen LogP contribution >= 0.6 is 0 Å². The molecule has 0 spiro atoms. The van der Waals surface area contributed by atoms with E-state index in [2.05, 4.69) is 0 Å². The van der Waals surface area contributed by atoms with Crippen LogP contribution in [0.5, 0.6) is 5.75 Å². The van der Waals surface area contributed by atoms with Crippen LogP contribution in [0.2, 0.25) is 0 Å². The molecule has 2 aromatic rings.